The van der Waals surface area contributed by atoms with E-state index < -0.39 is 0 Å². The minimum atomic E-state index is 0.0328. The fourth-order valence-corrected chi connectivity index (χ4v) is 10.6. The minimum absolute atomic E-state index is 0.0328. The highest BCUT2D eigenvalue weighted by atomic mass is 16.5. The summed E-state index contributed by atoms with van der Waals surface area (Å²) >= 11 is 0. The molecule has 10 atom stereocenters. The Morgan fingerprint density at radius 1 is 1.11 bits per heavy atom. The molecule has 0 aromatic rings. The molecule has 36 heavy (non-hydrogen) atoms. The van der Waals surface area contributed by atoms with Crippen molar-refractivity contribution in [1.82, 2.24) is 9.80 Å². The lowest BCUT2D eigenvalue weighted by atomic mass is 9.52. The maximum atomic E-state index is 12.3. The Morgan fingerprint density at radius 2 is 1.92 bits per heavy atom. The van der Waals surface area contributed by atoms with E-state index in [2.05, 4.69) is 51.6 Å². The Labute approximate surface area is 220 Å². The van der Waals surface area contributed by atoms with Gasteiger partial charge in [0.25, 0.3) is 0 Å². The summed E-state index contributed by atoms with van der Waals surface area (Å²) in [5.74, 6) is 4.91. The first-order chi connectivity index (χ1) is 17.1. The van der Waals surface area contributed by atoms with Crippen LogP contribution in [0.25, 0.3) is 0 Å². The molecule has 6 aliphatic rings. The third-order valence-electron chi connectivity index (χ3n) is 12.5. The van der Waals surface area contributed by atoms with Crippen molar-refractivity contribution in [1.29, 1.82) is 0 Å². The van der Waals surface area contributed by atoms with Gasteiger partial charge in [-0.15, -0.1) is 0 Å². The van der Waals surface area contributed by atoms with Crippen molar-refractivity contribution in [3.63, 3.8) is 0 Å². The summed E-state index contributed by atoms with van der Waals surface area (Å²) in [5.41, 5.74) is 3.93. The van der Waals surface area contributed by atoms with E-state index in [0.29, 0.717) is 35.2 Å². The first-order valence-corrected chi connectivity index (χ1v) is 15.4. The van der Waals surface area contributed by atoms with Gasteiger partial charge >= 0.3 is 0 Å². The number of likely N-dealkylation sites (N-methyl/N-ethyl adjacent to an activating group) is 1. The number of nitrogens with zero attached hydrogens (tertiary/aromatic N) is 2. The molecule has 0 aromatic carbocycles. The first kappa shape index (κ1) is 25.6. The zero-order valence-electron chi connectivity index (χ0n) is 24.0. The van der Waals surface area contributed by atoms with Crippen LogP contribution in [0.4, 0.5) is 0 Å². The fraction of sp³-hybridized carbons (Fsp3) is 0.906. The van der Waals surface area contributed by atoms with Gasteiger partial charge in [-0.2, -0.15) is 0 Å². The predicted molar refractivity (Wildman–Crippen MR) is 146 cm³/mol. The molecule has 2 heterocycles. The Morgan fingerprint density at radius 3 is 2.69 bits per heavy atom. The largest absolute Gasteiger partial charge is 0.369 e. The Kier molecular flexibility index (Phi) is 6.53. The third-order valence-corrected chi connectivity index (χ3v) is 12.5. The predicted octanol–water partition coefficient (Wildman–Crippen LogP) is 5.95. The summed E-state index contributed by atoms with van der Waals surface area (Å²) in [6.07, 6.45) is 12.1. The van der Waals surface area contributed by atoms with Gasteiger partial charge in [0, 0.05) is 44.4 Å². The summed E-state index contributed by atoms with van der Waals surface area (Å²) in [7, 11) is 4.40. The number of rotatable bonds is 3. The van der Waals surface area contributed by atoms with Crippen LogP contribution in [0.15, 0.2) is 11.1 Å². The molecule has 202 valence electrons. The van der Waals surface area contributed by atoms with Crippen molar-refractivity contribution < 1.29 is 9.53 Å². The van der Waals surface area contributed by atoms with Gasteiger partial charge in [-0.05, 0) is 107 Å². The number of hydrogen-bond acceptors (Lipinski definition) is 4. The maximum Gasteiger partial charge on any atom is 0.133 e. The number of allylic oxidation sites excluding steroid dienone is 1. The number of piperidine rings is 1. The molecule has 3 saturated carbocycles. The van der Waals surface area contributed by atoms with E-state index in [1.165, 1.54) is 45.1 Å². The number of Topliss-reactive ketones (excluding diaryl/α,β-unsaturated/α-hetero) is 1. The summed E-state index contributed by atoms with van der Waals surface area (Å²) in [6.45, 7) is 13.5. The number of ketones is 1. The number of likely N-dealkylation sites (tertiary alicyclic amines) is 1. The highest BCUT2D eigenvalue weighted by Gasteiger charge is 2.60. The number of ether oxygens (including phenoxy) is 1. The molecule has 4 aliphatic carbocycles. The van der Waals surface area contributed by atoms with Crippen molar-refractivity contribution in [2.24, 2.45) is 40.9 Å². The second kappa shape index (κ2) is 9.19. The molecule has 0 radical (unpaired) electrons. The van der Waals surface area contributed by atoms with Crippen LogP contribution in [0.3, 0.4) is 0 Å². The van der Waals surface area contributed by atoms with Crippen LogP contribution in [0, 0.1) is 40.9 Å². The molecule has 6 rings (SSSR count). The van der Waals surface area contributed by atoms with Crippen LogP contribution in [-0.2, 0) is 9.53 Å². The number of carbonyl (C=O) groups excluding carboxylic acids is 1. The fourth-order valence-electron chi connectivity index (χ4n) is 10.6. The molecule has 0 aromatic heterocycles. The van der Waals surface area contributed by atoms with Gasteiger partial charge in [0.05, 0.1) is 11.7 Å². The van der Waals surface area contributed by atoms with Crippen molar-refractivity contribution in [3.05, 3.63) is 11.1 Å². The molecule has 2 saturated heterocycles. The van der Waals surface area contributed by atoms with E-state index in [4.69, 9.17) is 4.74 Å². The summed E-state index contributed by atoms with van der Waals surface area (Å²) < 4.78 is 7.26. The Balaban J connectivity index is 1.25. The lowest BCUT2D eigenvalue weighted by Crippen LogP contribution is -2.53. The molecule has 4 nitrogen and oxygen atoms in total. The molecule has 0 amide bonds. The second-order valence-electron chi connectivity index (χ2n) is 14.8. The van der Waals surface area contributed by atoms with Crippen LogP contribution in [-0.4, -0.2) is 67.1 Å². The van der Waals surface area contributed by atoms with Gasteiger partial charge in [0.1, 0.15) is 5.78 Å². The topological polar surface area (TPSA) is 32.8 Å². The normalized spacial score (nSPS) is 49.1. The van der Waals surface area contributed by atoms with Gasteiger partial charge in [-0.1, -0.05) is 31.9 Å². The standard InChI is InChI=1S/C32H52N2O2/c1-20-15-29-30(34(19-20)14-13-33(5)6)22(3)32(36-29)12-10-25-26-8-7-23-16-24(35)9-11-31(23,4)28(26)17-27(25)21(2)18-32/h20,22-23,25-26,28-30H,7-19H2,1-6H3/t20-,22+,23+,25-,26-,28-,29+,30-,31-,32-/m0/s1. The van der Waals surface area contributed by atoms with Gasteiger partial charge in [-0.25, -0.2) is 0 Å². The van der Waals surface area contributed by atoms with Crippen molar-refractivity contribution in [2.75, 3.05) is 33.7 Å². The second-order valence-corrected chi connectivity index (χ2v) is 14.8. The van der Waals surface area contributed by atoms with E-state index in [1.807, 2.05) is 5.57 Å². The van der Waals surface area contributed by atoms with E-state index >= 15 is 0 Å². The van der Waals surface area contributed by atoms with Crippen LogP contribution >= 0.6 is 0 Å². The molecule has 4 heteroatoms. The molecule has 5 fully saturated rings. The SMILES string of the molecule is CC1=C2C[C@H]3[C@@H](CC[C@@H]4CC(=O)CC[C@@]43C)[C@@H]2CC[C@@]2(C1)O[C@@H]1C[C@H](C)CN(CCN(C)C)[C@H]1[C@H]2C. The van der Waals surface area contributed by atoms with Crippen LogP contribution in [0.5, 0.6) is 0 Å². The highest BCUT2D eigenvalue weighted by Crippen LogP contribution is 2.65. The van der Waals surface area contributed by atoms with Crippen LogP contribution in [0.2, 0.25) is 0 Å². The van der Waals surface area contributed by atoms with Gasteiger partial charge in [-0.3, -0.25) is 9.69 Å². The quantitative estimate of drug-likeness (QED) is 0.452. The number of carbonyl (C=O) groups is 1. The maximum absolute atomic E-state index is 12.3. The van der Waals surface area contributed by atoms with E-state index in [0.717, 1.165) is 62.4 Å². The third kappa shape index (κ3) is 3.99. The van der Waals surface area contributed by atoms with Crippen LogP contribution < -0.4 is 0 Å². The smallest absolute Gasteiger partial charge is 0.133 e. The van der Waals surface area contributed by atoms with Crippen molar-refractivity contribution in [2.45, 2.75) is 110 Å². The zero-order chi connectivity index (χ0) is 25.4. The average Bonchev–Trinajstić information content (AvgIpc) is 3.28. The average molecular weight is 497 g/mol. The van der Waals surface area contributed by atoms with Crippen LogP contribution in [0.1, 0.15) is 91.9 Å². The van der Waals surface area contributed by atoms with Gasteiger partial charge in [0.2, 0.25) is 0 Å². The molecule has 2 aliphatic heterocycles. The Hall–Kier alpha value is -0.710. The summed E-state index contributed by atoms with van der Waals surface area (Å²) in [4.78, 5) is 17.4. The van der Waals surface area contributed by atoms with E-state index in [9.17, 15) is 4.79 Å². The monoisotopic (exact) mass is 496 g/mol. The van der Waals surface area contributed by atoms with Gasteiger partial charge < -0.3 is 9.64 Å². The zero-order valence-corrected chi connectivity index (χ0v) is 24.0. The van der Waals surface area contributed by atoms with Crippen molar-refractivity contribution >= 4 is 5.78 Å². The molecule has 0 N–H and O–H groups in total. The number of fused-ring (bicyclic) bond motifs is 6. The first-order valence-electron chi connectivity index (χ1n) is 15.4. The Bertz CT molecular complexity index is 912. The van der Waals surface area contributed by atoms with Crippen molar-refractivity contribution in [3.8, 4) is 0 Å². The lowest BCUT2D eigenvalue weighted by molar-refractivity contribution is -0.129. The minimum Gasteiger partial charge on any atom is -0.369 e. The van der Waals surface area contributed by atoms with E-state index in [1.54, 1.807) is 5.57 Å². The molecular formula is C32H52N2O2. The lowest BCUT2D eigenvalue weighted by Gasteiger charge is -2.52. The highest BCUT2D eigenvalue weighted by molar-refractivity contribution is 5.79. The van der Waals surface area contributed by atoms with Gasteiger partial charge in [0.15, 0.2) is 0 Å². The molecular weight excluding hydrogens is 444 g/mol. The van der Waals surface area contributed by atoms with E-state index in [-0.39, 0.29) is 5.60 Å². The number of hydrogen-bond donors (Lipinski definition) is 0. The summed E-state index contributed by atoms with van der Waals surface area (Å²) in [5, 5.41) is 0. The molecule has 1 spiro atoms. The summed E-state index contributed by atoms with van der Waals surface area (Å²) in [6, 6.07) is 0.582. The molecule has 0 unspecified atom stereocenters. The molecule has 0 bridgehead atoms.